The molecule has 0 radical (unpaired) electrons. The van der Waals surface area contributed by atoms with E-state index in [0.29, 0.717) is 23.2 Å². The number of amides is 1. The van der Waals surface area contributed by atoms with Crippen LogP contribution >= 0.6 is 0 Å². The van der Waals surface area contributed by atoms with Crippen molar-refractivity contribution in [2.24, 2.45) is 0 Å². The second-order valence-electron chi connectivity index (χ2n) is 5.55. The van der Waals surface area contributed by atoms with E-state index in [-0.39, 0.29) is 11.6 Å². The van der Waals surface area contributed by atoms with Crippen molar-refractivity contribution in [2.75, 3.05) is 37.8 Å². The maximum absolute atomic E-state index is 12.2. The first-order chi connectivity index (χ1) is 10.9. The predicted octanol–water partition coefficient (Wildman–Crippen LogP) is 1.70. The third kappa shape index (κ3) is 5.33. The number of anilines is 2. The molecule has 2 heterocycles. The van der Waals surface area contributed by atoms with Crippen molar-refractivity contribution in [2.45, 2.75) is 20.3 Å². The summed E-state index contributed by atoms with van der Waals surface area (Å²) in [6.45, 7) is 5.27. The number of carbonyl (C=O) groups is 1. The van der Waals surface area contributed by atoms with Gasteiger partial charge in [-0.2, -0.15) is 0 Å². The van der Waals surface area contributed by atoms with Crippen molar-refractivity contribution in [3.63, 3.8) is 0 Å². The zero-order valence-corrected chi connectivity index (χ0v) is 13.9. The molecule has 124 valence electrons. The molecule has 2 aromatic heterocycles. The third-order valence-corrected chi connectivity index (χ3v) is 3.03. The van der Waals surface area contributed by atoms with Crippen LogP contribution in [-0.4, -0.2) is 53.1 Å². The third-order valence-electron chi connectivity index (χ3n) is 3.03. The van der Waals surface area contributed by atoms with E-state index in [1.807, 2.05) is 14.1 Å². The summed E-state index contributed by atoms with van der Waals surface area (Å²) in [6, 6.07) is 3.28. The molecule has 0 aliphatic carbocycles. The topological polar surface area (TPSA) is 96.2 Å². The summed E-state index contributed by atoms with van der Waals surface area (Å²) < 4.78 is 4.92. The van der Waals surface area contributed by atoms with Gasteiger partial charge < -0.3 is 20.1 Å². The minimum Gasteiger partial charge on any atom is -0.370 e. The van der Waals surface area contributed by atoms with Gasteiger partial charge in [0, 0.05) is 18.7 Å². The number of nitrogens with zero attached hydrogens (tertiary/aromatic N) is 4. The first-order valence-corrected chi connectivity index (χ1v) is 7.43. The summed E-state index contributed by atoms with van der Waals surface area (Å²) >= 11 is 0. The molecule has 0 fully saturated rings. The fourth-order valence-corrected chi connectivity index (χ4v) is 1.99. The van der Waals surface area contributed by atoms with Gasteiger partial charge in [-0.15, -0.1) is 0 Å². The van der Waals surface area contributed by atoms with Crippen molar-refractivity contribution in [3.05, 3.63) is 29.4 Å². The van der Waals surface area contributed by atoms with Gasteiger partial charge >= 0.3 is 0 Å². The maximum Gasteiger partial charge on any atom is 0.275 e. The van der Waals surface area contributed by atoms with E-state index >= 15 is 0 Å². The molecule has 2 aromatic rings. The second-order valence-corrected chi connectivity index (χ2v) is 5.55. The minimum absolute atomic E-state index is 0.285. The van der Waals surface area contributed by atoms with Gasteiger partial charge in [0.25, 0.3) is 5.91 Å². The van der Waals surface area contributed by atoms with E-state index in [2.05, 4.69) is 30.7 Å². The van der Waals surface area contributed by atoms with Crippen molar-refractivity contribution in [1.29, 1.82) is 0 Å². The van der Waals surface area contributed by atoms with Crippen LogP contribution in [0.15, 0.2) is 16.7 Å². The first-order valence-electron chi connectivity index (χ1n) is 7.43. The molecule has 23 heavy (non-hydrogen) atoms. The second kappa shape index (κ2) is 7.68. The Kier molecular flexibility index (Phi) is 5.64. The number of aromatic nitrogens is 3. The monoisotopic (exact) mass is 318 g/mol. The van der Waals surface area contributed by atoms with E-state index in [0.717, 1.165) is 19.5 Å². The van der Waals surface area contributed by atoms with Gasteiger partial charge in [-0.1, -0.05) is 5.16 Å². The molecule has 0 aliphatic heterocycles. The average molecular weight is 318 g/mol. The van der Waals surface area contributed by atoms with Gasteiger partial charge in [0.2, 0.25) is 0 Å². The van der Waals surface area contributed by atoms with Gasteiger partial charge in [0.15, 0.2) is 5.82 Å². The van der Waals surface area contributed by atoms with Crippen LogP contribution in [0.1, 0.15) is 28.5 Å². The molecule has 0 aromatic carbocycles. The number of hydrogen-bond acceptors (Lipinski definition) is 7. The highest BCUT2D eigenvalue weighted by atomic mass is 16.5. The fraction of sp³-hybridized carbons (Fsp3) is 0.467. The predicted molar refractivity (Wildman–Crippen MR) is 87.6 cm³/mol. The Morgan fingerprint density at radius 3 is 2.65 bits per heavy atom. The van der Waals surface area contributed by atoms with Gasteiger partial charge in [-0.3, -0.25) is 4.79 Å². The Morgan fingerprint density at radius 1 is 1.22 bits per heavy atom. The van der Waals surface area contributed by atoms with Crippen LogP contribution in [0.4, 0.5) is 11.6 Å². The minimum atomic E-state index is -0.347. The highest BCUT2D eigenvalue weighted by Crippen LogP contribution is 2.11. The lowest BCUT2D eigenvalue weighted by Gasteiger charge is -2.11. The van der Waals surface area contributed by atoms with Crippen molar-refractivity contribution in [3.8, 4) is 0 Å². The van der Waals surface area contributed by atoms with Gasteiger partial charge in [0.05, 0.1) is 0 Å². The number of carbonyl (C=O) groups excluding carboxylic acids is 1. The lowest BCUT2D eigenvalue weighted by Crippen LogP contribution is -2.18. The first kappa shape index (κ1) is 16.9. The summed E-state index contributed by atoms with van der Waals surface area (Å²) in [5.74, 6) is 1.81. The quantitative estimate of drug-likeness (QED) is 0.750. The smallest absolute Gasteiger partial charge is 0.275 e. The molecular formula is C15H22N6O2. The Hall–Kier alpha value is -2.48. The van der Waals surface area contributed by atoms with E-state index in [9.17, 15) is 4.79 Å². The van der Waals surface area contributed by atoms with Crippen molar-refractivity contribution < 1.29 is 9.32 Å². The molecule has 0 bridgehead atoms. The van der Waals surface area contributed by atoms with Crippen LogP contribution in [0.5, 0.6) is 0 Å². The van der Waals surface area contributed by atoms with Gasteiger partial charge in [-0.25, -0.2) is 9.97 Å². The standard InChI is InChI=1S/C15H22N6O2/c1-10-8-14(20-23-10)19-15(22)12-9-13(18-11(2)17-12)16-6-5-7-21(3)4/h8-9H,5-7H2,1-4H3,(H,16,17,18)(H,19,20,22). The van der Waals surface area contributed by atoms with E-state index < -0.39 is 0 Å². The highest BCUT2D eigenvalue weighted by molar-refractivity contribution is 6.02. The molecule has 0 saturated carbocycles. The number of nitrogens with one attached hydrogen (secondary N) is 2. The SMILES string of the molecule is Cc1nc(NCCCN(C)C)cc(C(=O)Nc2cc(C)on2)n1. The van der Waals surface area contributed by atoms with Crippen LogP contribution in [-0.2, 0) is 0 Å². The fourth-order valence-electron chi connectivity index (χ4n) is 1.99. The Balaban J connectivity index is 1.99. The normalized spacial score (nSPS) is 10.8. The molecule has 0 saturated heterocycles. The average Bonchev–Trinajstić information content (AvgIpc) is 2.88. The van der Waals surface area contributed by atoms with Crippen molar-refractivity contribution in [1.82, 2.24) is 20.0 Å². The van der Waals surface area contributed by atoms with E-state index in [1.54, 1.807) is 26.0 Å². The molecule has 0 spiro atoms. The Bertz CT molecular complexity index is 668. The van der Waals surface area contributed by atoms with Gasteiger partial charge in [-0.05, 0) is 40.9 Å². The largest absolute Gasteiger partial charge is 0.370 e. The lowest BCUT2D eigenvalue weighted by atomic mass is 10.3. The van der Waals surface area contributed by atoms with Crippen molar-refractivity contribution >= 4 is 17.5 Å². The molecule has 0 atom stereocenters. The van der Waals surface area contributed by atoms with Crippen LogP contribution in [0.2, 0.25) is 0 Å². The van der Waals surface area contributed by atoms with Crippen LogP contribution in [0.25, 0.3) is 0 Å². The molecule has 0 aliphatic rings. The van der Waals surface area contributed by atoms with E-state index in [1.165, 1.54) is 0 Å². The zero-order chi connectivity index (χ0) is 16.8. The lowest BCUT2D eigenvalue weighted by molar-refractivity contribution is 0.102. The highest BCUT2D eigenvalue weighted by Gasteiger charge is 2.12. The Morgan fingerprint density at radius 2 is 2.00 bits per heavy atom. The summed E-state index contributed by atoms with van der Waals surface area (Å²) in [5, 5.41) is 9.59. The molecular weight excluding hydrogens is 296 g/mol. The number of rotatable bonds is 7. The Labute approximate surface area is 135 Å². The number of hydrogen-bond donors (Lipinski definition) is 2. The summed E-state index contributed by atoms with van der Waals surface area (Å²) in [7, 11) is 4.06. The van der Waals surface area contributed by atoms with Crippen LogP contribution in [0.3, 0.4) is 0 Å². The van der Waals surface area contributed by atoms with E-state index in [4.69, 9.17) is 4.52 Å². The molecule has 8 heteroatoms. The number of aryl methyl sites for hydroxylation is 2. The summed E-state index contributed by atoms with van der Waals surface area (Å²) in [6.07, 6.45) is 0.982. The summed E-state index contributed by atoms with van der Waals surface area (Å²) in [5.41, 5.74) is 0.285. The van der Waals surface area contributed by atoms with Crippen LogP contribution < -0.4 is 10.6 Å². The van der Waals surface area contributed by atoms with Crippen LogP contribution in [0, 0.1) is 13.8 Å². The summed E-state index contributed by atoms with van der Waals surface area (Å²) in [4.78, 5) is 22.8. The molecule has 0 unspecified atom stereocenters. The maximum atomic E-state index is 12.2. The molecule has 2 N–H and O–H groups in total. The van der Waals surface area contributed by atoms with Gasteiger partial charge in [0.1, 0.15) is 23.1 Å². The molecule has 1 amide bonds. The molecule has 2 rings (SSSR count). The molecule has 8 nitrogen and oxygen atoms in total. The zero-order valence-electron chi connectivity index (χ0n) is 13.9.